The molecule has 9 heteroatoms. The van der Waals surface area contributed by atoms with Gasteiger partial charge in [-0.25, -0.2) is 10.9 Å². The van der Waals surface area contributed by atoms with Gasteiger partial charge >= 0.3 is 0 Å². The summed E-state index contributed by atoms with van der Waals surface area (Å²) < 4.78 is 5.14. The Bertz CT molecular complexity index is 670. The molecule has 0 spiro atoms. The van der Waals surface area contributed by atoms with Crippen molar-refractivity contribution in [2.24, 2.45) is 0 Å². The second kappa shape index (κ2) is 6.63. The largest absolute Gasteiger partial charge is 0.497 e. The Morgan fingerprint density at radius 2 is 2.17 bits per heavy atom. The highest BCUT2D eigenvalue weighted by Gasteiger charge is 2.30. The number of aromatic amines is 1. The van der Waals surface area contributed by atoms with E-state index in [1.165, 1.54) is 0 Å². The first-order chi connectivity index (χ1) is 11.2. The Morgan fingerprint density at radius 3 is 2.83 bits per heavy atom. The predicted molar refractivity (Wildman–Crippen MR) is 83.1 cm³/mol. The Balaban J connectivity index is 1.52. The van der Waals surface area contributed by atoms with Crippen LogP contribution in [0.3, 0.4) is 0 Å². The van der Waals surface area contributed by atoms with Gasteiger partial charge in [0.1, 0.15) is 17.6 Å². The minimum atomic E-state index is -0.317. The molecule has 1 saturated heterocycles. The highest BCUT2D eigenvalue weighted by atomic mass is 16.5. The van der Waals surface area contributed by atoms with Crippen molar-refractivity contribution in [1.29, 1.82) is 0 Å². The maximum Gasteiger partial charge on any atom is 0.239 e. The van der Waals surface area contributed by atoms with Crippen molar-refractivity contribution in [3.8, 4) is 5.75 Å². The Kier molecular flexibility index (Phi) is 4.40. The van der Waals surface area contributed by atoms with E-state index in [0.29, 0.717) is 12.2 Å². The molecule has 2 aromatic rings. The third-order valence-corrected chi connectivity index (χ3v) is 3.72. The number of carbonyl (C=O) groups excluding carboxylic acids is 1. The molecule has 0 bridgehead atoms. The molecule has 0 saturated carbocycles. The molecular weight excluding hydrogens is 298 g/mol. The number of H-pyrrole nitrogens is 1. The summed E-state index contributed by atoms with van der Waals surface area (Å²) in [6, 6.07) is 7.52. The fourth-order valence-corrected chi connectivity index (χ4v) is 2.47. The number of aromatic nitrogens is 3. The number of nitrogens with one attached hydrogen (secondary N) is 4. The quantitative estimate of drug-likeness (QED) is 0.508. The lowest BCUT2D eigenvalue weighted by Gasteiger charge is -2.10. The van der Waals surface area contributed by atoms with Crippen LogP contribution in [0.25, 0.3) is 0 Å². The molecule has 1 amide bonds. The summed E-state index contributed by atoms with van der Waals surface area (Å²) in [5.41, 5.74) is 12.7. The first kappa shape index (κ1) is 15.3. The van der Waals surface area contributed by atoms with Crippen molar-refractivity contribution in [1.82, 2.24) is 31.3 Å². The molecule has 1 aromatic heterocycles. The number of amides is 1. The average Bonchev–Trinajstić information content (AvgIpc) is 3.22. The molecule has 1 aromatic carbocycles. The number of methoxy groups -OCH3 is 1. The van der Waals surface area contributed by atoms with Crippen molar-refractivity contribution in [2.75, 3.05) is 12.8 Å². The van der Waals surface area contributed by atoms with Gasteiger partial charge in [-0.15, -0.1) is 5.10 Å². The number of rotatable bonds is 5. The van der Waals surface area contributed by atoms with Crippen LogP contribution in [0, 0.1) is 0 Å². The molecule has 1 aliphatic rings. The summed E-state index contributed by atoms with van der Waals surface area (Å²) in [5.74, 6) is 1.38. The minimum absolute atomic E-state index is 0.0672. The van der Waals surface area contributed by atoms with E-state index in [9.17, 15) is 4.79 Å². The van der Waals surface area contributed by atoms with E-state index in [4.69, 9.17) is 10.5 Å². The lowest BCUT2D eigenvalue weighted by atomic mass is 10.0. The van der Waals surface area contributed by atoms with Crippen molar-refractivity contribution in [3.63, 3.8) is 0 Å². The van der Waals surface area contributed by atoms with Gasteiger partial charge in [0.05, 0.1) is 13.7 Å². The number of nitrogen functional groups attached to an aromatic ring is 1. The molecule has 2 atom stereocenters. The summed E-state index contributed by atoms with van der Waals surface area (Å²) in [6.07, 6.45) is 0.650. The monoisotopic (exact) mass is 317 g/mol. The Labute approximate surface area is 133 Å². The van der Waals surface area contributed by atoms with Crippen LogP contribution in [-0.4, -0.2) is 34.2 Å². The number of hydrogen-bond donors (Lipinski definition) is 5. The SMILES string of the molecule is COc1ccc(C2CC(C(=O)NCc3nc(N)n[nH]3)NN2)cc1. The van der Waals surface area contributed by atoms with Crippen LogP contribution in [0.2, 0.25) is 0 Å². The summed E-state index contributed by atoms with van der Waals surface area (Å²) >= 11 is 0. The number of ether oxygens (including phenoxy) is 1. The van der Waals surface area contributed by atoms with Crippen molar-refractivity contribution in [2.45, 2.75) is 25.0 Å². The van der Waals surface area contributed by atoms with Gasteiger partial charge in [-0.3, -0.25) is 9.89 Å². The number of hydrogen-bond acceptors (Lipinski definition) is 7. The smallest absolute Gasteiger partial charge is 0.239 e. The molecule has 6 N–H and O–H groups in total. The number of hydrazine groups is 1. The van der Waals surface area contributed by atoms with Crippen molar-refractivity contribution in [3.05, 3.63) is 35.7 Å². The third kappa shape index (κ3) is 3.58. The number of benzene rings is 1. The molecule has 0 radical (unpaired) electrons. The van der Waals surface area contributed by atoms with Gasteiger partial charge in [-0.2, -0.15) is 4.98 Å². The Morgan fingerprint density at radius 1 is 1.39 bits per heavy atom. The molecule has 0 aliphatic carbocycles. The summed E-state index contributed by atoms with van der Waals surface area (Å²) in [7, 11) is 1.63. The van der Waals surface area contributed by atoms with E-state index < -0.39 is 0 Å². The standard InChI is InChI=1S/C14H19N7O2/c1-23-9-4-2-8(3-5-9)10-6-11(19-18-10)13(22)16-7-12-17-14(15)21-20-12/h2-5,10-11,18-19H,6-7H2,1H3,(H,16,22)(H3,15,17,20,21). The third-order valence-electron chi connectivity index (χ3n) is 3.72. The zero-order valence-corrected chi connectivity index (χ0v) is 12.7. The van der Waals surface area contributed by atoms with Crippen LogP contribution in [0.15, 0.2) is 24.3 Å². The molecule has 23 heavy (non-hydrogen) atoms. The number of carbonyl (C=O) groups is 1. The Hall–Kier alpha value is -2.65. The highest BCUT2D eigenvalue weighted by Crippen LogP contribution is 2.24. The van der Waals surface area contributed by atoms with Crippen LogP contribution in [-0.2, 0) is 11.3 Å². The summed E-state index contributed by atoms with van der Waals surface area (Å²) in [6.45, 7) is 0.258. The fraction of sp³-hybridized carbons (Fsp3) is 0.357. The number of nitrogens with two attached hydrogens (primary N) is 1. The molecule has 2 unspecified atom stereocenters. The summed E-state index contributed by atoms with van der Waals surface area (Å²) in [4.78, 5) is 16.1. The van der Waals surface area contributed by atoms with Crippen LogP contribution in [0.4, 0.5) is 5.95 Å². The average molecular weight is 317 g/mol. The fourth-order valence-electron chi connectivity index (χ4n) is 2.47. The highest BCUT2D eigenvalue weighted by molar-refractivity contribution is 5.82. The maximum absolute atomic E-state index is 12.2. The van der Waals surface area contributed by atoms with Gasteiger partial charge in [-0.05, 0) is 24.1 Å². The van der Waals surface area contributed by atoms with Gasteiger partial charge in [0, 0.05) is 6.04 Å². The molecule has 1 fully saturated rings. The minimum Gasteiger partial charge on any atom is -0.497 e. The molecule has 2 heterocycles. The number of nitrogens with zero attached hydrogens (tertiary/aromatic N) is 2. The van der Waals surface area contributed by atoms with Gasteiger partial charge in [0.2, 0.25) is 11.9 Å². The van der Waals surface area contributed by atoms with Gasteiger partial charge in [-0.1, -0.05) is 12.1 Å². The van der Waals surface area contributed by atoms with Crippen molar-refractivity contribution >= 4 is 11.9 Å². The lowest BCUT2D eigenvalue weighted by Crippen LogP contribution is -2.43. The van der Waals surface area contributed by atoms with Crippen LogP contribution < -0.4 is 26.6 Å². The van der Waals surface area contributed by atoms with E-state index in [0.717, 1.165) is 11.3 Å². The van der Waals surface area contributed by atoms with E-state index in [-0.39, 0.29) is 30.5 Å². The second-order valence-corrected chi connectivity index (χ2v) is 5.26. The normalized spacial score (nSPS) is 20.4. The molecule has 3 rings (SSSR count). The predicted octanol–water partition coefficient (Wildman–Crippen LogP) is -0.380. The van der Waals surface area contributed by atoms with Gasteiger partial charge in [0.25, 0.3) is 0 Å². The first-order valence-electron chi connectivity index (χ1n) is 7.25. The van der Waals surface area contributed by atoms with Crippen LogP contribution in [0.1, 0.15) is 23.9 Å². The van der Waals surface area contributed by atoms with Gasteiger partial charge in [0.15, 0.2) is 0 Å². The van der Waals surface area contributed by atoms with E-state index in [2.05, 4.69) is 31.3 Å². The van der Waals surface area contributed by atoms with Gasteiger partial charge < -0.3 is 15.8 Å². The molecular formula is C14H19N7O2. The zero-order chi connectivity index (χ0) is 16.2. The zero-order valence-electron chi connectivity index (χ0n) is 12.7. The number of anilines is 1. The topological polar surface area (TPSA) is 130 Å². The first-order valence-corrected chi connectivity index (χ1v) is 7.25. The van der Waals surface area contributed by atoms with Crippen LogP contribution in [0.5, 0.6) is 5.75 Å². The van der Waals surface area contributed by atoms with E-state index in [1.807, 2.05) is 24.3 Å². The van der Waals surface area contributed by atoms with E-state index >= 15 is 0 Å². The van der Waals surface area contributed by atoms with E-state index in [1.54, 1.807) is 7.11 Å². The maximum atomic E-state index is 12.2. The van der Waals surface area contributed by atoms with Crippen molar-refractivity contribution < 1.29 is 9.53 Å². The second-order valence-electron chi connectivity index (χ2n) is 5.26. The molecule has 9 nitrogen and oxygen atoms in total. The molecule has 1 aliphatic heterocycles. The molecule has 122 valence electrons. The summed E-state index contributed by atoms with van der Waals surface area (Å²) in [5, 5.41) is 9.15. The van der Waals surface area contributed by atoms with Crippen LogP contribution >= 0.6 is 0 Å². The lowest BCUT2D eigenvalue weighted by molar-refractivity contribution is -0.123.